The Bertz CT molecular complexity index is 570. The molecule has 0 fully saturated rings. The average Bonchev–Trinajstić information content (AvgIpc) is 2.41. The van der Waals surface area contributed by atoms with Crippen LogP contribution >= 0.6 is 23.2 Å². The molecule has 0 aromatic heterocycles. The van der Waals surface area contributed by atoms with Crippen molar-refractivity contribution in [3.8, 4) is 11.5 Å². The molecule has 0 radical (unpaired) electrons. The van der Waals surface area contributed by atoms with Gasteiger partial charge in [0.25, 0.3) is 0 Å². The summed E-state index contributed by atoms with van der Waals surface area (Å²) >= 11 is 12.1. The summed E-state index contributed by atoms with van der Waals surface area (Å²) in [5, 5.41) is 0.563. The van der Waals surface area contributed by atoms with E-state index in [1.165, 1.54) is 0 Å². The van der Waals surface area contributed by atoms with E-state index in [0.717, 1.165) is 17.0 Å². The lowest BCUT2D eigenvalue weighted by Crippen LogP contribution is -2.08. The lowest BCUT2D eigenvalue weighted by atomic mass is 10.2. The minimum atomic E-state index is 0.364. The van der Waals surface area contributed by atoms with Crippen molar-refractivity contribution in [2.24, 2.45) is 0 Å². The van der Waals surface area contributed by atoms with Gasteiger partial charge in [0.05, 0.1) is 10.9 Å². The highest BCUT2D eigenvalue weighted by Crippen LogP contribution is 2.34. The molecule has 0 unspecified atom stereocenters. The van der Waals surface area contributed by atoms with Crippen LogP contribution in [0.3, 0.4) is 0 Å². The molecule has 2 rings (SSSR count). The highest BCUT2D eigenvalue weighted by Gasteiger charge is 2.09. The third kappa shape index (κ3) is 3.34. The van der Waals surface area contributed by atoms with Gasteiger partial charge in [-0.1, -0.05) is 29.8 Å². The van der Waals surface area contributed by atoms with Crippen LogP contribution in [0.1, 0.15) is 5.56 Å². The molecule has 0 heterocycles. The van der Waals surface area contributed by atoms with Gasteiger partial charge < -0.3 is 9.64 Å². The maximum atomic E-state index is 6.17. The van der Waals surface area contributed by atoms with Crippen LogP contribution in [0.15, 0.2) is 42.5 Å². The summed E-state index contributed by atoms with van der Waals surface area (Å²) in [6, 6.07) is 13.4. The first-order valence-corrected chi connectivity index (χ1v) is 6.81. The molecule has 19 heavy (non-hydrogen) atoms. The highest BCUT2D eigenvalue weighted by atomic mass is 35.5. The molecule has 2 nitrogen and oxygen atoms in total. The fraction of sp³-hybridized carbons (Fsp3) is 0.200. The van der Waals surface area contributed by atoms with Crippen LogP contribution in [-0.2, 0) is 5.88 Å². The predicted molar refractivity (Wildman–Crippen MR) is 81.9 cm³/mol. The zero-order valence-electron chi connectivity index (χ0n) is 10.9. The number of ether oxygens (including phenoxy) is 1. The van der Waals surface area contributed by atoms with Crippen LogP contribution in [0, 0.1) is 0 Å². The minimum absolute atomic E-state index is 0.364. The zero-order chi connectivity index (χ0) is 13.8. The third-order valence-corrected chi connectivity index (χ3v) is 3.33. The number of para-hydroxylation sites is 1. The van der Waals surface area contributed by atoms with Gasteiger partial charge in [-0.2, -0.15) is 0 Å². The van der Waals surface area contributed by atoms with Crippen molar-refractivity contribution in [1.82, 2.24) is 0 Å². The summed E-state index contributed by atoms with van der Waals surface area (Å²) in [7, 11) is 3.97. The average molecular weight is 296 g/mol. The lowest BCUT2D eigenvalue weighted by molar-refractivity contribution is 0.478. The van der Waals surface area contributed by atoms with Gasteiger partial charge in [0.2, 0.25) is 0 Å². The van der Waals surface area contributed by atoms with Crippen LogP contribution in [0.5, 0.6) is 11.5 Å². The number of hydrogen-bond donors (Lipinski definition) is 0. The second kappa shape index (κ2) is 6.18. The van der Waals surface area contributed by atoms with E-state index in [-0.39, 0.29) is 0 Å². The fourth-order valence-electron chi connectivity index (χ4n) is 1.72. The highest BCUT2D eigenvalue weighted by molar-refractivity contribution is 6.32. The number of hydrogen-bond acceptors (Lipinski definition) is 2. The molecule has 0 amide bonds. The molecular formula is C15H15Cl2NO. The maximum absolute atomic E-state index is 6.17. The summed E-state index contributed by atoms with van der Waals surface area (Å²) in [6.45, 7) is 0. The van der Waals surface area contributed by atoms with Gasteiger partial charge in [0, 0.05) is 31.4 Å². The number of benzene rings is 2. The maximum Gasteiger partial charge on any atom is 0.150 e. The van der Waals surface area contributed by atoms with Gasteiger partial charge in [-0.25, -0.2) is 0 Å². The van der Waals surface area contributed by atoms with Gasteiger partial charge >= 0.3 is 0 Å². The lowest BCUT2D eigenvalue weighted by Gasteiger charge is -2.15. The number of rotatable bonds is 4. The van der Waals surface area contributed by atoms with Crippen molar-refractivity contribution >= 4 is 28.9 Å². The summed E-state index contributed by atoms with van der Waals surface area (Å²) in [5.74, 6) is 1.73. The van der Waals surface area contributed by atoms with Gasteiger partial charge in [-0.15, -0.1) is 11.6 Å². The normalized spacial score (nSPS) is 10.3. The Hall–Kier alpha value is -1.38. The van der Waals surface area contributed by atoms with E-state index >= 15 is 0 Å². The SMILES string of the molecule is CN(C)c1cccc(Oc2c(Cl)cccc2CCl)c1. The van der Waals surface area contributed by atoms with Crippen molar-refractivity contribution < 1.29 is 4.74 Å². The zero-order valence-corrected chi connectivity index (χ0v) is 12.4. The summed E-state index contributed by atoms with van der Waals surface area (Å²) in [6.07, 6.45) is 0. The van der Waals surface area contributed by atoms with Gasteiger partial charge in [-0.3, -0.25) is 0 Å². The smallest absolute Gasteiger partial charge is 0.150 e. The Labute approximate surface area is 123 Å². The molecule has 0 atom stereocenters. The number of halogens is 2. The number of nitrogens with zero attached hydrogens (tertiary/aromatic N) is 1. The van der Waals surface area contributed by atoms with E-state index < -0.39 is 0 Å². The van der Waals surface area contributed by atoms with E-state index in [1.807, 2.05) is 55.4 Å². The molecule has 2 aromatic carbocycles. The Morgan fingerprint density at radius 2 is 1.84 bits per heavy atom. The predicted octanol–water partition coefficient (Wildman–Crippen LogP) is 4.94. The molecule has 0 aliphatic rings. The van der Waals surface area contributed by atoms with E-state index in [4.69, 9.17) is 27.9 Å². The Morgan fingerprint density at radius 1 is 1.11 bits per heavy atom. The van der Waals surface area contributed by atoms with Crippen molar-refractivity contribution in [2.75, 3.05) is 19.0 Å². The molecule has 2 aromatic rings. The van der Waals surface area contributed by atoms with Crippen molar-refractivity contribution in [2.45, 2.75) is 5.88 Å². The first-order chi connectivity index (χ1) is 9.11. The van der Waals surface area contributed by atoms with Gasteiger partial charge in [-0.05, 0) is 18.2 Å². The van der Waals surface area contributed by atoms with E-state index in [1.54, 1.807) is 6.07 Å². The molecule has 0 saturated carbocycles. The summed E-state index contributed by atoms with van der Waals surface area (Å²) in [4.78, 5) is 2.02. The van der Waals surface area contributed by atoms with Gasteiger partial charge in [0.1, 0.15) is 11.5 Å². The van der Waals surface area contributed by atoms with Crippen LogP contribution in [0.25, 0.3) is 0 Å². The first kappa shape index (κ1) is 14.0. The van der Waals surface area contributed by atoms with E-state index in [2.05, 4.69) is 0 Å². The molecule has 0 N–H and O–H groups in total. The largest absolute Gasteiger partial charge is 0.455 e. The van der Waals surface area contributed by atoms with Crippen molar-refractivity contribution in [3.05, 3.63) is 53.1 Å². The van der Waals surface area contributed by atoms with Crippen LogP contribution in [0.2, 0.25) is 5.02 Å². The minimum Gasteiger partial charge on any atom is -0.455 e. The molecule has 100 valence electrons. The molecule has 0 saturated heterocycles. The monoisotopic (exact) mass is 295 g/mol. The van der Waals surface area contributed by atoms with Crippen LogP contribution < -0.4 is 9.64 Å². The Kier molecular flexibility index (Phi) is 4.56. The van der Waals surface area contributed by atoms with Crippen LogP contribution in [-0.4, -0.2) is 14.1 Å². The first-order valence-electron chi connectivity index (χ1n) is 5.90. The van der Waals surface area contributed by atoms with Gasteiger partial charge in [0.15, 0.2) is 0 Å². The fourth-order valence-corrected chi connectivity index (χ4v) is 2.16. The number of alkyl halides is 1. The topological polar surface area (TPSA) is 12.5 Å². The van der Waals surface area contributed by atoms with E-state index in [0.29, 0.717) is 16.7 Å². The number of anilines is 1. The molecular weight excluding hydrogens is 281 g/mol. The quantitative estimate of drug-likeness (QED) is 0.741. The van der Waals surface area contributed by atoms with E-state index in [9.17, 15) is 0 Å². The molecule has 0 aliphatic heterocycles. The molecule has 4 heteroatoms. The summed E-state index contributed by atoms with van der Waals surface area (Å²) in [5.41, 5.74) is 1.95. The standard InChI is InChI=1S/C15H15Cl2NO/c1-18(2)12-6-4-7-13(9-12)19-15-11(10-16)5-3-8-14(15)17/h3-9H,10H2,1-2H3. The van der Waals surface area contributed by atoms with Crippen LogP contribution in [0.4, 0.5) is 5.69 Å². The summed E-state index contributed by atoms with van der Waals surface area (Å²) < 4.78 is 5.88. The molecule has 0 aliphatic carbocycles. The third-order valence-electron chi connectivity index (χ3n) is 2.75. The second-order valence-corrected chi connectivity index (χ2v) is 5.03. The molecule has 0 spiro atoms. The van der Waals surface area contributed by atoms with Crippen molar-refractivity contribution in [1.29, 1.82) is 0 Å². The second-order valence-electron chi connectivity index (χ2n) is 4.36. The Balaban J connectivity index is 2.33. The Morgan fingerprint density at radius 3 is 2.53 bits per heavy atom. The van der Waals surface area contributed by atoms with Crippen molar-refractivity contribution in [3.63, 3.8) is 0 Å². The molecule has 0 bridgehead atoms.